The molecule has 1 amide bonds. The number of carboxylic acids is 1. The number of hydrogen-bond donors (Lipinski definition) is 0. The Morgan fingerprint density at radius 3 is 2.29 bits per heavy atom. The summed E-state index contributed by atoms with van der Waals surface area (Å²) < 4.78 is 0. The maximum Gasteiger partial charge on any atom is 0.261 e. The van der Waals surface area contributed by atoms with E-state index in [2.05, 4.69) is 26.0 Å². The van der Waals surface area contributed by atoms with Gasteiger partial charge in [0, 0.05) is 21.4 Å². The zero-order valence-corrected chi connectivity index (χ0v) is 21.4. The molecule has 0 aliphatic heterocycles. The van der Waals surface area contributed by atoms with Crippen molar-refractivity contribution in [2.75, 3.05) is 4.90 Å². The van der Waals surface area contributed by atoms with Gasteiger partial charge in [-0.25, -0.2) is 4.98 Å². The molecule has 0 atom stereocenters. The smallest absolute Gasteiger partial charge is 0.261 e. The third-order valence-electron chi connectivity index (χ3n) is 5.25. The molecule has 0 aliphatic rings. The van der Waals surface area contributed by atoms with E-state index in [0.717, 1.165) is 22.2 Å². The van der Waals surface area contributed by atoms with Crippen LogP contribution in [0.5, 0.6) is 0 Å². The number of anilines is 1. The molecule has 0 N–H and O–H groups in total. The molecule has 0 aliphatic carbocycles. The summed E-state index contributed by atoms with van der Waals surface area (Å²) in [6.07, 6.45) is 0. The summed E-state index contributed by atoms with van der Waals surface area (Å²) in [4.78, 5) is 32.4. The lowest BCUT2D eigenvalue weighted by Crippen LogP contribution is -2.33. The molecular weight excluding hydrogens is 511 g/mol. The summed E-state index contributed by atoms with van der Waals surface area (Å²) >= 11 is 14.9. The number of aromatic nitrogens is 1. The van der Waals surface area contributed by atoms with E-state index in [1.165, 1.54) is 39.2 Å². The quantitative estimate of drug-likeness (QED) is 0.273. The van der Waals surface area contributed by atoms with Gasteiger partial charge in [0.25, 0.3) is 5.91 Å². The monoisotopic (exact) mass is 529 g/mol. The second kappa shape index (κ2) is 10.3. The number of nitrogens with zero attached hydrogens (tertiary/aromatic N) is 2. The van der Waals surface area contributed by atoms with E-state index < -0.39 is 11.9 Å². The van der Waals surface area contributed by atoms with Crippen molar-refractivity contribution < 1.29 is 14.7 Å². The molecule has 4 rings (SSSR count). The predicted octanol–water partition coefficient (Wildman–Crippen LogP) is 6.51. The Morgan fingerprint density at radius 1 is 1.03 bits per heavy atom. The Hall–Kier alpha value is -2.71. The summed E-state index contributed by atoms with van der Waals surface area (Å²) in [5, 5.41) is 16.1. The first-order valence-corrected chi connectivity index (χ1v) is 12.9. The van der Waals surface area contributed by atoms with Crippen LogP contribution in [0.4, 0.5) is 5.13 Å². The first kappa shape index (κ1) is 24.4. The molecule has 2 aromatic heterocycles. The van der Waals surface area contributed by atoms with E-state index in [0.29, 0.717) is 11.0 Å². The van der Waals surface area contributed by atoms with Crippen molar-refractivity contribution in [1.82, 2.24) is 4.98 Å². The second-order valence-electron chi connectivity index (χ2n) is 7.86. The zero-order valence-electron chi connectivity index (χ0n) is 18.2. The van der Waals surface area contributed by atoms with Gasteiger partial charge in [-0.3, -0.25) is 9.69 Å². The molecule has 4 aromatic rings. The Kier molecular flexibility index (Phi) is 7.38. The molecule has 0 saturated carbocycles. The molecule has 5 nitrogen and oxygen atoms in total. The van der Waals surface area contributed by atoms with Crippen molar-refractivity contribution in [3.05, 3.63) is 90.9 Å². The number of thiophene rings is 1. The SMILES string of the molecule is CC(C)c1ccc(-c2csc(N(Cc3cccs3)C(=O)c3cc(Cl)c(Cl)cc3C(=O)[O-])n2)cc1. The standard InChI is InChI=1S/C25H20Cl2N2O3S2/c1-14(2)15-5-7-16(8-6-15)22-13-34-25(28-22)29(12-17-4-3-9-33-17)23(30)18-10-20(26)21(27)11-19(18)24(31)32/h3-11,13-14H,12H2,1-2H3,(H,31,32)/p-1. The average Bonchev–Trinajstić information content (AvgIpc) is 3.51. The molecule has 0 saturated heterocycles. The number of thiazole rings is 1. The summed E-state index contributed by atoms with van der Waals surface area (Å²) in [5.74, 6) is -1.65. The van der Waals surface area contributed by atoms with Gasteiger partial charge in [0.1, 0.15) is 0 Å². The minimum Gasteiger partial charge on any atom is -0.545 e. The van der Waals surface area contributed by atoms with Crippen LogP contribution in [-0.4, -0.2) is 16.9 Å². The molecule has 2 heterocycles. The number of aromatic carboxylic acids is 1. The fourth-order valence-electron chi connectivity index (χ4n) is 3.38. The van der Waals surface area contributed by atoms with E-state index in [1.807, 2.05) is 35.0 Å². The van der Waals surface area contributed by atoms with Crippen molar-refractivity contribution in [2.24, 2.45) is 0 Å². The lowest BCUT2D eigenvalue weighted by Gasteiger charge is -2.21. The molecule has 174 valence electrons. The maximum atomic E-state index is 13.6. The number of hydrogen-bond acceptors (Lipinski definition) is 6. The largest absolute Gasteiger partial charge is 0.545 e. The molecule has 9 heteroatoms. The number of carbonyl (C=O) groups excluding carboxylic acids is 2. The number of carboxylic acid groups (broad SMARTS) is 1. The van der Waals surface area contributed by atoms with Crippen LogP contribution in [0, 0.1) is 0 Å². The van der Waals surface area contributed by atoms with Crippen molar-refractivity contribution in [3.8, 4) is 11.3 Å². The van der Waals surface area contributed by atoms with E-state index in [-0.39, 0.29) is 27.7 Å². The van der Waals surface area contributed by atoms with Crippen LogP contribution in [0.25, 0.3) is 11.3 Å². The van der Waals surface area contributed by atoms with Crippen LogP contribution in [0.3, 0.4) is 0 Å². The summed E-state index contributed by atoms with van der Waals surface area (Å²) in [6, 6.07) is 14.3. The van der Waals surface area contributed by atoms with Crippen molar-refractivity contribution in [1.29, 1.82) is 0 Å². The minimum absolute atomic E-state index is 0.0311. The molecule has 0 radical (unpaired) electrons. The highest BCUT2D eigenvalue weighted by molar-refractivity contribution is 7.14. The van der Waals surface area contributed by atoms with Crippen LogP contribution in [-0.2, 0) is 6.54 Å². The summed E-state index contributed by atoms with van der Waals surface area (Å²) in [5.41, 5.74) is 2.46. The highest BCUT2D eigenvalue weighted by Crippen LogP contribution is 2.33. The molecule has 0 bridgehead atoms. The summed E-state index contributed by atoms with van der Waals surface area (Å²) in [7, 11) is 0. The molecular formula is C25H19Cl2N2O3S2-. The predicted molar refractivity (Wildman–Crippen MR) is 137 cm³/mol. The van der Waals surface area contributed by atoms with E-state index in [9.17, 15) is 14.7 Å². The minimum atomic E-state index is -1.51. The topological polar surface area (TPSA) is 73.3 Å². The van der Waals surface area contributed by atoms with Gasteiger partial charge >= 0.3 is 0 Å². The fraction of sp³-hybridized carbons (Fsp3) is 0.160. The Bertz CT molecular complexity index is 1330. The van der Waals surface area contributed by atoms with Gasteiger partial charge in [-0.1, -0.05) is 67.4 Å². The molecule has 0 spiro atoms. The van der Waals surface area contributed by atoms with Gasteiger partial charge in [-0.05, 0) is 35.1 Å². The van der Waals surface area contributed by atoms with Gasteiger partial charge in [0.2, 0.25) is 0 Å². The van der Waals surface area contributed by atoms with Crippen molar-refractivity contribution in [2.45, 2.75) is 26.3 Å². The normalized spacial score (nSPS) is 11.1. The van der Waals surface area contributed by atoms with Crippen LogP contribution in [0.15, 0.2) is 59.3 Å². The third-order valence-corrected chi connectivity index (χ3v) is 7.69. The number of carbonyl (C=O) groups is 2. The van der Waals surface area contributed by atoms with Gasteiger partial charge < -0.3 is 9.90 Å². The van der Waals surface area contributed by atoms with Gasteiger partial charge in [0.15, 0.2) is 5.13 Å². The average molecular weight is 530 g/mol. The Balaban J connectivity index is 1.74. The first-order chi connectivity index (χ1) is 16.2. The van der Waals surface area contributed by atoms with Crippen LogP contribution >= 0.6 is 45.9 Å². The molecule has 0 fully saturated rings. The zero-order chi connectivity index (χ0) is 24.4. The Morgan fingerprint density at radius 2 is 1.71 bits per heavy atom. The second-order valence-corrected chi connectivity index (χ2v) is 10.5. The third kappa shape index (κ3) is 5.18. The number of rotatable bonds is 7. The highest BCUT2D eigenvalue weighted by atomic mass is 35.5. The first-order valence-electron chi connectivity index (χ1n) is 10.3. The molecule has 0 unspecified atom stereocenters. The van der Waals surface area contributed by atoms with Crippen molar-refractivity contribution in [3.63, 3.8) is 0 Å². The van der Waals surface area contributed by atoms with E-state index >= 15 is 0 Å². The maximum absolute atomic E-state index is 13.6. The lowest BCUT2D eigenvalue weighted by molar-refractivity contribution is -0.255. The van der Waals surface area contributed by atoms with Gasteiger partial charge in [-0.2, -0.15) is 0 Å². The lowest BCUT2D eigenvalue weighted by atomic mass is 10.0. The van der Waals surface area contributed by atoms with Crippen LogP contribution in [0.1, 0.15) is 50.9 Å². The fourth-order valence-corrected chi connectivity index (χ4v) is 5.23. The molecule has 2 aromatic carbocycles. The number of benzene rings is 2. The van der Waals surface area contributed by atoms with E-state index in [1.54, 1.807) is 0 Å². The number of halogens is 2. The highest BCUT2D eigenvalue weighted by Gasteiger charge is 2.25. The Labute approximate surface area is 215 Å². The van der Waals surface area contributed by atoms with Crippen LogP contribution < -0.4 is 10.0 Å². The van der Waals surface area contributed by atoms with Gasteiger partial charge in [0.05, 0.1) is 33.8 Å². The van der Waals surface area contributed by atoms with Crippen LogP contribution in [0.2, 0.25) is 10.0 Å². The van der Waals surface area contributed by atoms with E-state index in [4.69, 9.17) is 28.2 Å². The summed E-state index contributed by atoms with van der Waals surface area (Å²) in [6.45, 7) is 4.49. The molecule has 34 heavy (non-hydrogen) atoms. The van der Waals surface area contributed by atoms with Crippen molar-refractivity contribution >= 4 is 62.9 Å². The number of amides is 1. The van der Waals surface area contributed by atoms with Gasteiger partial charge in [-0.15, -0.1) is 22.7 Å².